The number of hydrogen-bond acceptors (Lipinski definition) is 1. The molecular weight excluding hydrogens is 160 g/mol. The highest BCUT2D eigenvalue weighted by Gasteiger charge is 2.21. The molecule has 1 atom stereocenters. The molecule has 0 heterocycles. The molecule has 1 N–H and O–H groups in total. The van der Waals surface area contributed by atoms with Crippen LogP contribution in [-0.2, 0) is 0 Å². The number of nitrogens with one attached hydrogen (secondary N) is 1. The largest absolute Gasteiger partial charge is 0.381 e. The molecule has 0 saturated heterocycles. The number of allylic oxidation sites excluding steroid dienone is 3. The van der Waals surface area contributed by atoms with Crippen LogP contribution in [0.5, 0.6) is 0 Å². The van der Waals surface area contributed by atoms with Crippen LogP contribution in [0.3, 0.4) is 0 Å². The Hall–Kier alpha value is -0.860. The summed E-state index contributed by atoms with van der Waals surface area (Å²) in [4.78, 5) is 0. The number of rotatable bonds is 2. The van der Waals surface area contributed by atoms with Crippen molar-refractivity contribution in [1.29, 1.82) is 0 Å². The van der Waals surface area contributed by atoms with E-state index in [-0.39, 0.29) is 17.4 Å². The molecule has 1 aliphatic rings. The molecule has 1 rings (SSSR count). The van der Waals surface area contributed by atoms with Crippen LogP contribution in [0, 0.1) is 5.92 Å². The first kappa shape index (κ1) is 9.23. The van der Waals surface area contributed by atoms with Gasteiger partial charge in [0.2, 0.25) is 0 Å². The molecule has 1 unspecified atom stereocenters. The fraction of sp³-hybridized carbons (Fsp3) is 0.556. The van der Waals surface area contributed by atoms with Gasteiger partial charge in [-0.05, 0) is 19.4 Å². The second-order valence-corrected chi connectivity index (χ2v) is 2.94. The van der Waals surface area contributed by atoms with E-state index in [4.69, 9.17) is 0 Å². The van der Waals surface area contributed by atoms with Gasteiger partial charge in [-0.1, -0.05) is 6.92 Å². The Kier molecular flexibility index (Phi) is 2.84. The molecule has 0 aromatic rings. The highest BCUT2D eigenvalue weighted by Crippen LogP contribution is 2.29. The van der Waals surface area contributed by atoms with Gasteiger partial charge in [0, 0.05) is 12.5 Å². The Morgan fingerprint density at radius 3 is 2.83 bits per heavy atom. The second-order valence-electron chi connectivity index (χ2n) is 2.94. The molecule has 1 aliphatic carbocycles. The minimum absolute atomic E-state index is 0.0382. The van der Waals surface area contributed by atoms with Gasteiger partial charge >= 0.3 is 0 Å². The zero-order chi connectivity index (χ0) is 9.14. The van der Waals surface area contributed by atoms with Crippen molar-refractivity contribution in [1.82, 2.24) is 5.32 Å². The third-order valence-corrected chi connectivity index (χ3v) is 1.91. The van der Waals surface area contributed by atoms with Crippen LogP contribution in [0.2, 0.25) is 0 Å². The predicted molar refractivity (Wildman–Crippen MR) is 44.8 cm³/mol. The summed E-state index contributed by atoms with van der Waals surface area (Å²) >= 11 is 0. The fourth-order valence-corrected chi connectivity index (χ4v) is 1.19. The van der Waals surface area contributed by atoms with Crippen molar-refractivity contribution < 1.29 is 8.78 Å². The Balaban J connectivity index is 2.87. The van der Waals surface area contributed by atoms with Crippen LogP contribution in [0.15, 0.2) is 23.4 Å². The first-order valence-corrected chi connectivity index (χ1v) is 4.16. The molecule has 0 spiro atoms. The first-order chi connectivity index (χ1) is 5.66. The molecule has 12 heavy (non-hydrogen) atoms. The Morgan fingerprint density at radius 1 is 1.58 bits per heavy atom. The van der Waals surface area contributed by atoms with E-state index in [9.17, 15) is 8.78 Å². The molecule has 1 nitrogen and oxygen atoms in total. The Labute approximate surface area is 71.2 Å². The number of hydrogen-bond donors (Lipinski definition) is 1. The van der Waals surface area contributed by atoms with Crippen LogP contribution < -0.4 is 5.32 Å². The summed E-state index contributed by atoms with van der Waals surface area (Å²) in [6.07, 6.45) is 1.87. The summed E-state index contributed by atoms with van der Waals surface area (Å²) in [5, 5.41) is 2.68. The van der Waals surface area contributed by atoms with Crippen molar-refractivity contribution in [2.24, 2.45) is 5.92 Å². The van der Waals surface area contributed by atoms with Gasteiger partial charge in [-0.25, -0.2) is 8.78 Å². The van der Waals surface area contributed by atoms with Crippen LogP contribution in [0.4, 0.5) is 8.78 Å². The highest BCUT2D eigenvalue weighted by molar-refractivity contribution is 5.31. The topological polar surface area (TPSA) is 12.0 Å². The van der Waals surface area contributed by atoms with Crippen molar-refractivity contribution >= 4 is 0 Å². The fourth-order valence-electron chi connectivity index (χ4n) is 1.19. The summed E-state index contributed by atoms with van der Waals surface area (Å²) in [6, 6.07) is 0. The molecule has 0 bridgehead atoms. The molecule has 0 saturated carbocycles. The maximum Gasteiger partial charge on any atom is 0.145 e. The van der Waals surface area contributed by atoms with E-state index in [0.29, 0.717) is 13.0 Å². The zero-order valence-electron chi connectivity index (χ0n) is 7.32. The van der Waals surface area contributed by atoms with Crippen molar-refractivity contribution in [2.75, 3.05) is 6.54 Å². The van der Waals surface area contributed by atoms with E-state index in [2.05, 4.69) is 5.32 Å². The molecule has 3 heteroatoms. The quantitative estimate of drug-likeness (QED) is 0.677. The normalized spacial score (nSPS) is 24.0. The molecule has 68 valence electrons. The second kappa shape index (κ2) is 3.70. The summed E-state index contributed by atoms with van der Waals surface area (Å²) < 4.78 is 26.2. The van der Waals surface area contributed by atoms with Crippen molar-refractivity contribution in [3.63, 3.8) is 0 Å². The average Bonchev–Trinajstić information content (AvgIpc) is 2.06. The van der Waals surface area contributed by atoms with Crippen LogP contribution >= 0.6 is 0 Å². The summed E-state index contributed by atoms with van der Waals surface area (Å²) in [5.74, 6) is -1.03. The molecular formula is C9H13F2N. The van der Waals surface area contributed by atoms with Gasteiger partial charge in [-0.3, -0.25) is 0 Å². The van der Waals surface area contributed by atoms with E-state index in [1.807, 2.05) is 6.92 Å². The van der Waals surface area contributed by atoms with Gasteiger partial charge in [0.05, 0.1) is 0 Å². The standard InChI is InChI=1S/C9H13F2N/c1-3-12-9-7(10)5-4-6(2)8(9)11/h5-6,12H,3-4H2,1-2H3. The Morgan fingerprint density at radius 2 is 2.25 bits per heavy atom. The zero-order valence-corrected chi connectivity index (χ0v) is 7.32. The third-order valence-electron chi connectivity index (χ3n) is 1.91. The van der Waals surface area contributed by atoms with Gasteiger partial charge in [0.25, 0.3) is 0 Å². The smallest absolute Gasteiger partial charge is 0.145 e. The van der Waals surface area contributed by atoms with Crippen molar-refractivity contribution in [3.05, 3.63) is 23.4 Å². The van der Waals surface area contributed by atoms with Crippen LogP contribution in [0.1, 0.15) is 20.3 Å². The van der Waals surface area contributed by atoms with Crippen LogP contribution in [-0.4, -0.2) is 6.54 Å². The van der Waals surface area contributed by atoms with Gasteiger partial charge in [-0.2, -0.15) is 0 Å². The SMILES string of the molecule is CCNC1=C(F)C(C)CC=C1F. The average molecular weight is 173 g/mol. The maximum atomic E-state index is 13.2. The maximum absolute atomic E-state index is 13.2. The molecule has 0 aromatic carbocycles. The van der Waals surface area contributed by atoms with E-state index in [0.717, 1.165) is 0 Å². The minimum Gasteiger partial charge on any atom is -0.381 e. The summed E-state index contributed by atoms with van der Waals surface area (Å²) in [7, 11) is 0. The molecule has 0 radical (unpaired) electrons. The van der Waals surface area contributed by atoms with Crippen molar-refractivity contribution in [2.45, 2.75) is 20.3 Å². The number of likely N-dealkylation sites (N-methyl/N-ethyl adjacent to an activating group) is 1. The van der Waals surface area contributed by atoms with Gasteiger partial charge in [0.1, 0.15) is 17.4 Å². The van der Waals surface area contributed by atoms with Gasteiger partial charge in [0.15, 0.2) is 0 Å². The van der Waals surface area contributed by atoms with E-state index >= 15 is 0 Å². The molecule has 0 fully saturated rings. The third kappa shape index (κ3) is 1.65. The van der Waals surface area contributed by atoms with Gasteiger partial charge in [-0.15, -0.1) is 0 Å². The molecule has 0 aromatic heterocycles. The molecule has 0 aliphatic heterocycles. The highest BCUT2D eigenvalue weighted by atomic mass is 19.1. The lowest BCUT2D eigenvalue weighted by atomic mass is 9.99. The predicted octanol–water partition coefficient (Wildman–Crippen LogP) is 2.67. The van der Waals surface area contributed by atoms with Crippen molar-refractivity contribution in [3.8, 4) is 0 Å². The first-order valence-electron chi connectivity index (χ1n) is 4.16. The summed E-state index contributed by atoms with van der Waals surface area (Å²) in [5.41, 5.74) is 0.0382. The number of halogens is 2. The lowest BCUT2D eigenvalue weighted by Crippen LogP contribution is -2.18. The van der Waals surface area contributed by atoms with Crippen LogP contribution in [0.25, 0.3) is 0 Å². The lowest BCUT2D eigenvalue weighted by molar-refractivity contribution is 0.448. The monoisotopic (exact) mass is 173 g/mol. The molecule has 0 amide bonds. The van der Waals surface area contributed by atoms with E-state index in [1.165, 1.54) is 6.08 Å². The van der Waals surface area contributed by atoms with Gasteiger partial charge < -0.3 is 5.32 Å². The minimum atomic E-state index is -0.465. The summed E-state index contributed by atoms with van der Waals surface area (Å²) in [6.45, 7) is 4.10. The Bertz CT molecular complexity index is 231. The lowest BCUT2D eigenvalue weighted by Gasteiger charge is -2.17. The van der Waals surface area contributed by atoms with E-state index < -0.39 is 5.83 Å². The van der Waals surface area contributed by atoms with E-state index in [1.54, 1.807) is 6.92 Å².